The summed E-state index contributed by atoms with van der Waals surface area (Å²) in [6.07, 6.45) is 1.55. The van der Waals surface area contributed by atoms with E-state index in [0.717, 1.165) is 5.69 Å². The Kier molecular flexibility index (Phi) is 5.68. The van der Waals surface area contributed by atoms with E-state index in [9.17, 15) is 14.4 Å². The number of aryl methyl sites for hydroxylation is 1. The van der Waals surface area contributed by atoms with Crippen LogP contribution < -0.4 is 5.56 Å². The molecule has 2 aromatic rings. The van der Waals surface area contributed by atoms with Crippen LogP contribution in [0.5, 0.6) is 0 Å². The summed E-state index contributed by atoms with van der Waals surface area (Å²) < 4.78 is 12.0. The van der Waals surface area contributed by atoms with Gasteiger partial charge in [-0.25, -0.2) is 14.1 Å². The molecule has 1 aliphatic heterocycles. The maximum atomic E-state index is 12.3. The van der Waals surface area contributed by atoms with Crippen LogP contribution in [0, 0.1) is 0 Å². The molecule has 9 heteroatoms. The smallest absolute Gasteiger partial charge is 0.410 e. The molecule has 0 aliphatic carbocycles. The monoisotopic (exact) mass is 404 g/mol. The lowest BCUT2D eigenvalue weighted by Crippen LogP contribution is -2.41. The minimum Gasteiger partial charge on any atom is -0.465 e. The summed E-state index contributed by atoms with van der Waals surface area (Å²) in [5, 5.41) is 4.56. The molecule has 1 fully saturated rings. The number of carbonyl (C=O) groups excluding carboxylic acids is 2. The number of nitrogens with zero attached hydrogens (tertiary/aromatic N) is 3. The van der Waals surface area contributed by atoms with Crippen LogP contribution in [0.2, 0.25) is 0 Å². The lowest BCUT2D eigenvalue weighted by molar-refractivity contribution is 0.0203. The van der Waals surface area contributed by atoms with Crippen molar-refractivity contribution in [3.63, 3.8) is 0 Å². The van der Waals surface area contributed by atoms with Gasteiger partial charge < -0.3 is 19.4 Å². The highest BCUT2D eigenvalue weighted by molar-refractivity contribution is 5.97. The van der Waals surface area contributed by atoms with E-state index in [4.69, 9.17) is 9.47 Å². The first kappa shape index (κ1) is 20.9. The van der Waals surface area contributed by atoms with Crippen molar-refractivity contribution in [2.75, 3.05) is 20.2 Å². The molecule has 3 rings (SSSR count). The number of aromatic amines is 1. The normalized spacial score (nSPS) is 15.6. The number of piperidine rings is 1. The molecule has 2 aromatic heterocycles. The zero-order chi connectivity index (χ0) is 21.3. The number of aromatic nitrogens is 3. The average Bonchev–Trinajstić information content (AvgIpc) is 3.03. The highest BCUT2D eigenvalue weighted by Gasteiger charge is 2.30. The fourth-order valence-corrected chi connectivity index (χ4v) is 3.65. The van der Waals surface area contributed by atoms with Gasteiger partial charge in [-0.3, -0.25) is 4.79 Å². The van der Waals surface area contributed by atoms with Gasteiger partial charge in [0, 0.05) is 25.1 Å². The van der Waals surface area contributed by atoms with E-state index in [1.54, 1.807) is 9.42 Å². The molecule has 0 atom stereocenters. The predicted octanol–water partition coefficient (Wildman–Crippen LogP) is 2.49. The van der Waals surface area contributed by atoms with Gasteiger partial charge in [0.25, 0.3) is 5.56 Å². The van der Waals surface area contributed by atoms with Crippen molar-refractivity contribution in [3.8, 4) is 0 Å². The molecular weight excluding hydrogens is 376 g/mol. The Morgan fingerprint density at radius 1 is 1.28 bits per heavy atom. The maximum absolute atomic E-state index is 12.3. The van der Waals surface area contributed by atoms with Crippen LogP contribution >= 0.6 is 0 Å². The molecule has 1 N–H and O–H groups in total. The van der Waals surface area contributed by atoms with E-state index in [0.29, 0.717) is 49.3 Å². The lowest BCUT2D eigenvalue weighted by Gasteiger charge is -2.33. The molecule has 9 nitrogen and oxygen atoms in total. The average molecular weight is 404 g/mol. The number of amides is 1. The minimum absolute atomic E-state index is 0.0357. The van der Waals surface area contributed by atoms with Crippen LogP contribution in [-0.2, 0) is 15.9 Å². The first-order chi connectivity index (χ1) is 13.6. The third kappa shape index (κ3) is 4.28. The first-order valence-electron chi connectivity index (χ1n) is 9.85. The number of fused-ring (bicyclic) bond motifs is 1. The molecule has 29 heavy (non-hydrogen) atoms. The molecule has 0 saturated carbocycles. The second kappa shape index (κ2) is 7.88. The second-order valence-corrected chi connectivity index (χ2v) is 8.23. The molecular formula is C20H28N4O5. The Balaban J connectivity index is 1.90. The summed E-state index contributed by atoms with van der Waals surface area (Å²) in [6, 6.07) is 1.52. The number of hydrogen-bond acceptors (Lipinski definition) is 6. The van der Waals surface area contributed by atoms with Gasteiger partial charge in [0.15, 0.2) is 5.65 Å². The van der Waals surface area contributed by atoms with E-state index < -0.39 is 11.6 Å². The number of rotatable bonds is 3. The lowest BCUT2D eigenvalue weighted by atomic mass is 9.93. The first-order valence-corrected chi connectivity index (χ1v) is 9.85. The Morgan fingerprint density at radius 2 is 1.93 bits per heavy atom. The minimum atomic E-state index is -0.539. The van der Waals surface area contributed by atoms with Crippen LogP contribution in [0.1, 0.15) is 68.2 Å². The summed E-state index contributed by atoms with van der Waals surface area (Å²) in [4.78, 5) is 41.3. The van der Waals surface area contributed by atoms with Gasteiger partial charge in [-0.15, -0.1) is 0 Å². The van der Waals surface area contributed by atoms with Crippen LogP contribution in [0.4, 0.5) is 4.79 Å². The van der Waals surface area contributed by atoms with Crippen molar-refractivity contribution in [3.05, 3.63) is 33.4 Å². The van der Waals surface area contributed by atoms with E-state index in [-0.39, 0.29) is 17.6 Å². The number of ether oxygens (including phenoxy) is 2. The molecule has 3 heterocycles. The fourth-order valence-electron chi connectivity index (χ4n) is 3.65. The quantitative estimate of drug-likeness (QED) is 0.788. The van der Waals surface area contributed by atoms with E-state index in [1.807, 2.05) is 27.7 Å². The molecule has 0 radical (unpaired) electrons. The maximum Gasteiger partial charge on any atom is 0.410 e. The summed E-state index contributed by atoms with van der Waals surface area (Å²) >= 11 is 0. The Morgan fingerprint density at radius 3 is 2.48 bits per heavy atom. The number of H-pyrrole nitrogens is 1. The zero-order valence-corrected chi connectivity index (χ0v) is 17.6. The number of carbonyl (C=O) groups is 2. The number of likely N-dealkylation sites (tertiary alicyclic amines) is 1. The molecule has 0 unspecified atom stereocenters. The number of hydrogen-bond donors (Lipinski definition) is 1. The van der Waals surface area contributed by atoms with E-state index >= 15 is 0 Å². The van der Waals surface area contributed by atoms with Crippen molar-refractivity contribution in [2.45, 2.75) is 58.5 Å². The third-order valence-electron chi connectivity index (χ3n) is 5.01. The Bertz CT molecular complexity index is 977. The van der Waals surface area contributed by atoms with Gasteiger partial charge in [0.2, 0.25) is 0 Å². The molecule has 158 valence electrons. The largest absolute Gasteiger partial charge is 0.465 e. The third-order valence-corrected chi connectivity index (χ3v) is 5.01. The van der Waals surface area contributed by atoms with Crippen LogP contribution in [-0.4, -0.2) is 57.4 Å². The van der Waals surface area contributed by atoms with Crippen molar-refractivity contribution in [1.82, 2.24) is 19.5 Å². The topological polar surface area (TPSA) is 106 Å². The van der Waals surface area contributed by atoms with Crippen LogP contribution in [0.3, 0.4) is 0 Å². The van der Waals surface area contributed by atoms with Crippen molar-refractivity contribution < 1.29 is 19.1 Å². The summed E-state index contributed by atoms with van der Waals surface area (Å²) in [6.45, 7) is 8.47. The van der Waals surface area contributed by atoms with Crippen molar-refractivity contribution in [2.24, 2.45) is 0 Å². The number of nitrogens with one attached hydrogen (secondary N) is 1. The molecule has 0 spiro atoms. The van der Waals surface area contributed by atoms with Gasteiger partial charge in [-0.2, -0.15) is 5.10 Å². The molecule has 1 amide bonds. The summed E-state index contributed by atoms with van der Waals surface area (Å²) in [5.74, 6) is -0.488. The van der Waals surface area contributed by atoms with E-state index in [1.165, 1.54) is 13.2 Å². The van der Waals surface area contributed by atoms with Gasteiger partial charge in [-0.1, -0.05) is 6.92 Å². The van der Waals surface area contributed by atoms with E-state index in [2.05, 4.69) is 10.1 Å². The number of esters is 1. The molecule has 0 bridgehead atoms. The predicted molar refractivity (Wildman–Crippen MR) is 106 cm³/mol. The SMILES string of the molecule is CCc1nn2c(C3CCN(C(=O)OC(C)(C)C)CC3)cc(=O)[nH]c2c1C(=O)OC. The standard InChI is InChI=1S/C20H28N4O5/c1-6-13-16(18(26)28-5)17-21-15(25)11-14(24(17)22-13)12-7-9-23(10-8-12)19(27)29-20(2,3)4/h11-12H,6-10H2,1-5H3,(H,21,25). The summed E-state index contributed by atoms with van der Waals surface area (Å²) in [7, 11) is 1.31. The Hall–Kier alpha value is -2.84. The number of methoxy groups -OCH3 is 1. The highest BCUT2D eigenvalue weighted by Crippen LogP contribution is 2.29. The molecule has 1 aliphatic rings. The van der Waals surface area contributed by atoms with Gasteiger partial charge in [0.05, 0.1) is 18.5 Å². The summed E-state index contributed by atoms with van der Waals surface area (Å²) in [5.41, 5.74) is 1.12. The van der Waals surface area contributed by atoms with Crippen LogP contribution in [0.25, 0.3) is 5.65 Å². The van der Waals surface area contributed by atoms with Crippen molar-refractivity contribution >= 4 is 17.7 Å². The highest BCUT2D eigenvalue weighted by atomic mass is 16.6. The van der Waals surface area contributed by atoms with Gasteiger partial charge >= 0.3 is 12.1 Å². The zero-order valence-electron chi connectivity index (χ0n) is 17.6. The van der Waals surface area contributed by atoms with Gasteiger partial charge in [-0.05, 0) is 40.0 Å². The van der Waals surface area contributed by atoms with Crippen molar-refractivity contribution in [1.29, 1.82) is 0 Å². The van der Waals surface area contributed by atoms with Crippen LogP contribution in [0.15, 0.2) is 10.9 Å². The fraction of sp³-hybridized carbons (Fsp3) is 0.600. The molecule has 0 aromatic carbocycles. The Labute approximate surface area is 169 Å². The molecule has 1 saturated heterocycles. The van der Waals surface area contributed by atoms with Gasteiger partial charge in [0.1, 0.15) is 11.2 Å². The second-order valence-electron chi connectivity index (χ2n) is 8.23.